The van der Waals surface area contributed by atoms with Crippen LogP contribution in [-0.4, -0.2) is 41.5 Å². The van der Waals surface area contributed by atoms with E-state index in [1.807, 2.05) is 48.9 Å². The number of amides is 1. The quantitative estimate of drug-likeness (QED) is 0.573. The number of rotatable bonds is 6. The third-order valence-corrected chi connectivity index (χ3v) is 8.22. The van der Waals surface area contributed by atoms with Crippen LogP contribution >= 0.6 is 11.6 Å². The second kappa shape index (κ2) is 9.67. The number of benzene rings is 2. The van der Waals surface area contributed by atoms with E-state index in [-0.39, 0.29) is 17.3 Å². The van der Waals surface area contributed by atoms with Crippen molar-refractivity contribution in [3.05, 3.63) is 76.6 Å². The molecule has 1 aromatic heterocycles. The van der Waals surface area contributed by atoms with E-state index in [1.165, 1.54) is 16.4 Å². The molecule has 9 heteroatoms. The lowest BCUT2D eigenvalue weighted by Crippen LogP contribution is -2.45. The zero-order chi connectivity index (χ0) is 23.6. The predicted octanol–water partition coefficient (Wildman–Crippen LogP) is 3.86. The minimum absolute atomic E-state index is 0.141. The fourth-order valence-electron chi connectivity index (χ4n) is 4.20. The molecule has 1 amide bonds. The molecule has 2 aromatic carbocycles. The molecule has 33 heavy (non-hydrogen) atoms. The Hall–Kier alpha value is -2.68. The molecule has 4 rings (SSSR count). The molecule has 0 saturated carbocycles. The van der Waals surface area contributed by atoms with Crippen LogP contribution in [-0.2, 0) is 21.4 Å². The molecule has 1 saturated heterocycles. The number of aromatic nitrogens is 2. The second-order valence-corrected chi connectivity index (χ2v) is 10.6. The molecule has 0 spiro atoms. The molecular weight excluding hydrogens is 460 g/mol. The number of piperidine rings is 1. The molecule has 1 aliphatic heterocycles. The third kappa shape index (κ3) is 4.98. The number of hydrogen-bond donors (Lipinski definition) is 1. The fraction of sp³-hybridized carbons (Fsp3) is 0.333. The van der Waals surface area contributed by atoms with Crippen molar-refractivity contribution in [1.29, 1.82) is 0 Å². The molecule has 1 unspecified atom stereocenters. The average molecular weight is 487 g/mol. The van der Waals surface area contributed by atoms with Crippen LogP contribution in [0, 0.1) is 19.8 Å². The van der Waals surface area contributed by atoms with Crippen LogP contribution < -0.4 is 5.32 Å². The minimum atomic E-state index is -3.67. The summed E-state index contributed by atoms with van der Waals surface area (Å²) in [4.78, 5) is 13.1. The molecule has 1 aliphatic rings. The third-order valence-electron chi connectivity index (χ3n) is 6.09. The Bertz CT molecular complexity index is 1240. The first-order valence-corrected chi connectivity index (χ1v) is 12.7. The van der Waals surface area contributed by atoms with Gasteiger partial charge in [-0.05, 0) is 63.1 Å². The standard InChI is InChI=1S/C24H27ClN4O3S/c1-17-23(18(2)29(27-17)21-8-4-3-5-9-21)15-26-24(30)19-7-6-14-28(16-19)33(31,32)22-12-10-20(25)11-13-22/h3-5,8-13,19H,6-7,14-16H2,1-2H3,(H,26,30). The van der Waals surface area contributed by atoms with Crippen LogP contribution in [0.2, 0.25) is 5.02 Å². The summed E-state index contributed by atoms with van der Waals surface area (Å²) in [5.74, 6) is -0.539. The summed E-state index contributed by atoms with van der Waals surface area (Å²) in [6, 6.07) is 16.0. The molecule has 0 aliphatic carbocycles. The number of sulfonamides is 1. The van der Waals surface area contributed by atoms with Crippen molar-refractivity contribution in [3.8, 4) is 5.69 Å². The van der Waals surface area contributed by atoms with E-state index in [0.29, 0.717) is 31.0 Å². The number of aryl methyl sites for hydroxylation is 1. The maximum atomic E-state index is 13.0. The van der Waals surface area contributed by atoms with E-state index in [0.717, 1.165) is 22.6 Å². The molecule has 174 valence electrons. The average Bonchev–Trinajstić information content (AvgIpc) is 3.11. The predicted molar refractivity (Wildman–Crippen MR) is 128 cm³/mol. The SMILES string of the molecule is Cc1nn(-c2ccccc2)c(C)c1CNC(=O)C1CCCN(S(=O)(=O)c2ccc(Cl)cc2)C1. The van der Waals surface area contributed by atoms with E-state index in [1.54, 1.807) is 12.1 Å². The molecule has 1 atom stereocenters. The Morgan fingerprint density at radius 1 is 1.12 bits per heavy atom. The summed E-state index contributed by atoms with van der Waals surface area (Å²) >= 11 is 5.89. The van der Waals surface area contributed by atoms with Gasteiger partial charge in [-0.2, -0.15) is 9.40 Å². The van der Waals surface area contributed by atoms with Crippen molar-refractivity contribution < 1.29 is 13.2 Å². The maximum Gasteiger partial charge on any atom is 0.243 e. The number of halogens is 1. The van der Waals surface area contributed by atoms with Crippen LogP contribution in [0.15, 0.2) is 59.5 Å². The van der Waals surface area contributed by atoms with Gasteiger partial charge in [-0.3, -0.25) is 4.79 Å². The zero-order valence-electron chi connectivity index (χ0n) is 18.7. The summed E-state index contributed by atoms with van der Waals surface area (Å²) in [7, 11) is -3.67. The first-order chi connectivity index (χ1) is 15.8. The number of hydrogen-bond acceptors (Lipinski definition) is 4. The van der Waals surface area contributed by atoms with Gasteiger partial charge in [0.05, 0.1) is 22.2 Å². The van der Waals surface area contributed by atoms with Gasteiger partial charge in [-0.15, -0.1) is 0 Å². The van der Waals surface area contributed by atoms with Gasteiger partial charge >= 0.3 is 0 Å². The number of nitrogens with zero attached hydrogens (tertiary/aromatic N) is 3. The van der Waals surface area contributed by atoms with Gasteiger partial charge in [0, 0.05) is 35.9 Å². The van der Waals surface area contributed by atoms with Gasteiger partial charge in [-0.25, -0.2) is 13.1 Å². The molecule has 0 radical (unpaired) electrons. The molecule has 0 bridgehead atoms. The smallest absolute Gasteiger partial charge is 0.243 e. The Kier molecular flexibility index (Phi) is 6.88. The van der Waals surface area contributed by atoms with Gasteiger partial charge in [-0.1, -0.05) is 29.8 Å². The van der Waals surface area contributed by atoms with Crippen molar-refractivity contribution in [2.75, 3.05) is 13.1 Å². The number of carbonyl (C=O) groups is 1. The monoisotopic (exact) mass is 486 g/mol. The van der Waals surface area contributed by atoms with E-state index in [9.17, 15) is 13.2 Å². The molecule has 1 fully saturated rings. The summed E-state index contributed by atoms with van der Waals surface area (Å²) in [5, 5.41) is 8.10. The first-order valence-electron chi connectivity index (χ1n) is 10.9. The second-order valence-electron chi connectivity index (χ2n) is 8.27. The fourth-order valence-corrected chi connectivity index (χ4v) is 5.85. The normalized spacial score (nSPS) is 17.1. The van der Waals surface area contributed by atoms with Gasteiger partial charge in [0.1, 0.15) is 0 Å². The Morgan fingerprint density at radius 3 is 2.52 bits per heavy atom. The number of carbonyl (C=O) groups excluding carboxylic acids is 1. The van der Waals surface area contributed by atoms with Gasteiger partial charge in [0.15, 0.2) is 0 Å². The van der Waals surface area contributed by atoms with Crippen LogP contribution in [0.25, 0.3) is 5.69 Å². The molecular formula is C24H27ClN4O3S. The highest BCUT2D eigenvalue weighted by atomic mass is 35.5. The van der Waals surface area contributed by atoms with Crippen molar-refractivity contribution >= 4 is 27.5 Å². The van der Waals surface area contributed by atoms with E-state index in [4.69, 9.17) is 11.6 Å². The highest BCUT2D eigenvalue weighted by Crippen LogP contribution is 2.25. The molecule has 2 heterocycles. The van der Waals surface area contributed by atoms with E-state index < -0.39 is 15.9 Å². The Balaban J connectivity index is 1.43. The van der Waals surface area contributed by atoms with Crippen molar-refractivity contribution in [2.45, 2.75) is 38.1 Å². The number of para-hydroxylation sites is 1. The minimum Gasteiger partial charge on any atom is -0.352 e. The highest BCUT2D eigenvalue weighted by molar-refractivity contribution is 7.89. The van der Waals surface area contributed by atoms with Crippen LogP contribution in [0.5, 0.6) is 0 Å². The molecule has 1 N–H and O–H groups in total. The van der Waals surface area contributed by atoms with Gasteiger partial charge in [0.25, 0.3) is 0 Å². The number of nitrogens with one attached hydrogen (secondary N) is 1. The highest BCUT2D eigenvalue weighted by Gasteiger charge is 2.33. The lowest BCUT2D eigenvalue weighted by atomic mass is 9.98. The van der Waals surface area contributed by atoms with Crippen LogP contribution in [0.1, 0.15) is 29.8 Å². The summed E-state index contributed by atoms with van der Waals surface area (Å²) in [6.07, 6.45) is 1.29. The first kappa shape index (κ1) is 23.5. The summed E-state index contributed by atoms with van der Waals surface area (Å²) < 4.78 is 29.3. The Morgan fingerprint density at radius 2 is 1.82 bits per heavy atom. The van der Waals surface area contributed by atoms with Crippen molar-refractivity contribution in [3.63, 3.8) is 0 Å². The van der Waals surface area contributed by atoms with Crippen molar-refractivity contribution in [2.24, 2.45) is 5.92 Å². The van der Waals surface area contributed by atoms with Crippen molar-refractivity contribution in [1.82, 2.24) is 19.4 Å². The van der Waals surface area contributed by atoms with E-state index >= 15 is 0 Å². The van der Waals surface area contributed by atoms with Gasteiger partial charge in [0.2, 0.25) is 15.9 Å². The maximum absolute atomic E-state index is 13.0. The largest absolute Gasteiger partial charge is 0.352 e. The zero-order valence-corrected chi connectivity index (χ0v) is 20.2. The van der Waals surface area contributed by atoms with Gasteiger partial charge < -0.3 is 5.32 Å². The molecule has 7 nitrogen and oxygen atoms in total. The van der Waals surface area contributed by atoms with Crippen LogP contribution in [0.4, 0.5) is 0 Å². The lowest BCUT2D eigenvalue weighted by molar-refractivity contribution is -0.126. The summed E-state index contributed by atoms with van der Waals surface area (Å²) in [5.41, 5.74) is 3.75. The topological polar surface area (TPSA) is 84.3 Å². The summed E-state index contributed by atoms with van der Waals surface area (Å²) in [6.45, 7) is 4.82. The Labute approximate surface area is 199 Å². The molecule has 3 aromatic rings. The van der Waals surface area contributed by atoms with E-state index in [2.05, 4.69) is 10.4 Å². The lowest BCUT2D eigenvalue weighted by Gasteiger charge is -2.31. The van der Waals surface area contributed by atoms with Crippen LogP contribution in [0.3, 0.4) is 0 Å².